The van der Waals surface area contributed by atoms with Crippen molar-refractivity contribution < 1.29 is 14.3 Å². The predicted octanol–water partition coefficient (Wildman–Crippen LogP) is 5.27. The van der Waals surface area contributed by atoms with Crippen molar-refractivity contribution in [1.82, 2.24) is 14.8 Å². The number of rotatable bonds is 8. The molecule has 1 aliphatic carbocycles. The fraction of sp³-hybridized carbons (Fsp3) is 0.462. The third-order valence-electron chi connectivity index (χ3n) is 6.32. The molecule has 1 aliphatic rings. The van der Waals surface area contributed by atoms with E-state index in [1.807, 2.05) is 54.8 Å². The molecule has 0 radical (unpaired) electrons. The maximum atomic E-state index is 12.9. The van der Waals surface area contributed by atoms with Gasteiger partial charge in [-0.15, -0.1) is 21.5 Å². The number of aryl methyl sites for hydroxylation is 1. The minimum atomic E-state index is -0.383. The summed E-state index contributed by atoms with van der Waals surface area (Å²) in [5.41, 5.74) is 3.66. The standard InChI is InChI=1S/C26H33N5O3S2/c1-5-31-23(17-12-14-18(15-13-17)30(2)3)28-29-26(31)35-16-21(32)27-24-22(25(33)34-4)19-10-8-6-7-9-11-20(19)36-24/h12-15H,5-11,16H2,1-4H3,(H,27,32). The lowest BCUT2D eigenvalue weighted by molar-refractivity contribution is -0.113. The highest BCUT2D eigenvalue weighted by molar-refractivity contribution is 7.99. The highest BCUT2D eigenvalue weighted by Crippen LogP contribution is 2.37. The maximum absolute atomic E-state index is 12.9. The van der Waals surface area contributed by atoms with Crippen LogP contribution < -0.4 is 10.2 Å². The number of esters is 1. The van der Waals surface area contributed by atoms with Gasteiger partial charge in [0.05, 0.1) is 18.4 Å². The summed E-state index contributed by atoms with van der Waals surface area (Å²) in [5.74, 6) is 0.381. The summed E-state index contributed by atoms with van der Waals surface area (Å²) in [6.45, 7) is 2.72. The third-order valence-corrected chi connectivity index (χ3v) is 8.50. The highest BCUT2D eigenvalue weighted by Gasteiger charge is 2.26. The van der Waals surface area contributed by atoms with Crippen LogP contribution in [0.1, 0.15) is 53.4 Å². The van der Waals surface area contributed by atoms with Crippen molar-refractivity contribution in [2.75, 3.05) is 37.2 Å². The summed E-state index contributed by atoms with van der Waals surface area (Å²) in [6.07, 6.45) is 6.29. The molecule has 0 saturated carbocycles. The van der Waals surface area contributed by atoms with Crippen LogP contribution in [0.3, 0.4) is 0 Å². The third kappa shape index (κ3) is 5.75. The lowest BCUT2D eigenvalue weighted by Gasteiger charge is -2.13. The number of thiophene rings is 1. The van der Waals surface area contributed by atoms with Crippen molar-refractivity contribution in [3.63, 3.8) is 0 Å². The van der Waals surface area contributed by atoms with Crippen molar-refractivity contribution in [2.45, 2.75) is 57.1 Å². The number of nitrogens with one attached hydrogen (secondary N) is 1. The van der Waals surface area contributed by atoms with Gasteiger partial charge in [-0.3, -0.25) is 4.79 Å². The van der Waals surface area contributed by atoms with Crippen LogP contribution in [0.5, 0.6) is 0 Å². The molecule has 0 atom stereocenters. The molecular weight excluding hydrogens is 494 g/mol. The van der Waals surface area contributed by atoms with Crippen LogP contribution in [-0.2, 0) is 28.9 Å². The fourth-order valence-electron chi connectivity index (χ4n) is 4.42. The zero-order valence-electron chi connectivity index (χ0n) is 21.3. The van der Waals surface area contributed by atoms with E-state index in [4.69, 9.17) is 4.74 Å². The molecule has 1 aromatic carbocycles. The SMILES string of the molecule is CCn1c(SCC(=O)Nc2sc3c(c2C(=O)OC)CCCCCC3)nnc1-c1ccc(N(C)C)cc1. The van der Waals surface area contributed by atoms with E-state index in [2.05, 4.69) is 15.5 Å². The molecule has 1 N–H and O–H groups in total. The molecule has 2 aromatic heterocycles. The first-order chi connectivity index (χ1) is 17.4. The lowest BCUT2D eigenvalue weighted by atomic mass is 9.96. The number of hydrogen-bond acceptors (Lipinski definition) is 8. The Morgan fingerprint density at radius 3 is 2.50 bits per heavy atom. The van der Waals surface area contributed by atoms with E-state index >= 15 is 0 Å². The summed E-state index contributed by atoms with van der Waals surface area (Å²) in [5, 5.41) is 13.0. The van der Waals surface area contributed by atoms with Gasteiger partial charge in [0.2, 0.25) is 5.91 Å². The summed E-state index contributed by atoms with van der Waals surface area (Å²) < 4.78 is 7.08. The number of nitrogens with zero attached hydrogens (tertiary/aromatic N) is 4. The van der Waals surface area contributed by atoms with E-state index in [-0.39, 0.29) is 17.6 Å². The highest BCUT2D eigenvalue weighted by atomic mass is 32.2. The Balaban J connectivity index is 1.48. The molecule has 192 valence electrons. The molecule has 2 heterocycles. The largest absolute Gasteiger partial charge is 0.465 e. The Morgan fingerprint density at radius 1 is 1.11 bits per heavy atom. The Hall–Kier alpha value is -2.85. The molecule has 3 aromatic rings. The molecule has 4 rings (SSSR count). The van der Waals surface area contributed by atoms with Gasteiger partial charge in [-0.2, -0.15) is 0 Å². The summed E-state index contributed by atoms with van der Waals surface area (Å²) in [4.78, 5) is 28.8. The molecule has 1 amide bonds. The number of carbonyl (C=O) groups excluding carboxylic acids is 2. The summed E-state index contributed by atoms with van der Waals surface area (Å²) in [7, 11) is 5.40. The number of thioether (sulfide) groups is 1. The van der Waals surface area contributed by atoms with Gasteiger partial charge >= 0.3 is 5.97 Å². The van der Waals surface area contributed by atoms with Crippen LogP contribution >= 0.6 is 23.1 Å². The fourth-order valence-corrected chi connectivity index (χ4v) is 6.52. The summed E-state index contributed by atoms with van der Waals surface area (Å²) in [6, 6.07) is 8.16. The van der Waals surface area contributed by atoms with Gasteiger partial charge < -0.3 is 19.5 Å². The number of methoxy groups -OCH3 is 1. The van der Waals surface area contributed by atoms with E-state index < -0.39 is 0 Å². The first-order valence-corrected chi connectivity index (χ1v) is 14.1. The second-order valence-electron chi connectivity index (χ2n) is 8.94. The van der Waals surface area contributed by atoms with Crippen LogP contribution in [0, 0.1) is 0 Å². The van der Waals surface area contributed by atoms with Gasteiger partial charge in [-0.25, -0.2) is 4.79 Å². The first kappa shape index (κ1) is 26.2. The number of hydrogen-bond donors (Lipinski definition) is 1. The topological polar surface area (TPSA) is 89.3 Å². The van der Waals surface area contributed by atoms with Crippen molar-refractivity contribution in [1.29, 1.82) is 0 Å². The molecule has 8 nitrogen and oxygen atoms in total. The second kappa shape index (κ2) is 11.9. The van der Waals surface area contributed by atoms with Crippen LogP contribution in [0.4, 0.5) is 10.7 Å². The van der Waals surface area contributed by atoms with E-state index in [1.165, 1.54) is 41.5 Å². The molecule has 0 unspecified atom stereocenters. The molecular formula is C26H33N5O3S2. The smallest absolute Gasteiger partial charge is 0.341 e. The van der Waals surface area contributed by atoms with Crippen molar-refractivity contribution in [2.24, 2.45) is 0 Å². The number of amides is 1. The van der Waals surface area contributed by atoms with Gasteiger partial charge in [0.25, 0.3) is 0 Å². The minimum absolute atomic E-state index is 0.168. The van der Waals surface area contributed by atoms with E-state index in [1.54, 1.807) is 0 Å². The minimum Gasteiger partial charge on any atom is -0.465 e. The molecule has 0 bridgehead atoms. The molecule has 10 heteroatoms. The number of anilines is 2. The van der Waals surface area contributed by atoms with Crippen molar-refractivity contribution in [3.8, 4) is 11.4 Å². The van der Waals surface area contributed by atoms with Gasteiger partial charge in [-0.05, 0) is 62.4 Å². The monoisotopic (exact) mass is 527 g/mol. The number of benzene rings is 1. The zero-order chi connectivity index (χ0) is 25.7. The quantitative estimate of drug-likeness (QED) is 0.315. The van der Waals surface area contributed by atoms with Crippen LogP contribution in [0.25, 0.3) is 11.4 Å². The zero-order valence-corrected chi connectivity index (χ0v) is 22.9. The number of fused-ring (bicyclic) bond motifs is 1. The van der Waals surface area contributed by atoms with Gasteiger partial charge in [0.15, 0.2) is 11.0 Å². The summed E-state index contributed by atoms with van der Waals surface area (Å²) >= 11 is 2.85. The molecule has 0 aliphatic heterocycles. The van der Waals surface area contributed by atoms with E-state index in [0.717, 1.165) is 54.7 Å². The predicted molar refractivity (Wildman–Crippen MR) is 146 cm³/mol. The Kier molecular flexibility index (Phi) is 8.68. The average Bonchev–Trinajstić information content (AvgIpc) is 3.42. The van der Waals surface area contributed by atoms with Crippen LogP contribution in [0.2, 0.25) is 0 Å². The Morgan fingerprint density at radius 2 is 1.83 bits per heavy atom. The number of ether oxygens (including phenoxy) is 1. The Bertz CT molecular complexity index is 1220. The molecule has 36 heavy (non-hydrogen) atoms. The Labute approximate surface area is 220 Å². The maximum Gasteiger partial charge on any atom is 0.341 e. The first-order valence-electron chi connectivity index (χ1n) is 12.3. The molecule has 0 fully saturated rings. The van der Waals surface area contributed by atoms with E-state index in [9.17, 15) is 9.59 Å². The van der Waals surface area contributed by atoms with Crippen molar-refractivity contribution in [3.05, 3.63) is 40.3 Å². The van der Waals surface area contributed by atoms with Gasteiger partial charge in [0, 0.05) is 36.8 Å². The van der Waals surface area contributed by atoms with Crippen molar-refractivity contribution >= 4 is 45.7 Å². The molecule has 0 saturated heterocycles. The van der Waals surface area contributed by atoms with E-state index in [0.29, 0.717) is 22.3 Å². The molecule has 0 spiro atoms. The van der Waals surface area contributed by atoms with Gasteiger partial charge in [0.1, 0.15) is 5.00 Å². The number of aromatic nitrogens is 3. The van der Waals surface area contributed by atoms with Crippen LogP contribution in [-0.4, -0.2) is 53.6 Å². The van der Waals surface area contributed by atoms with Gasteiger partial charge in [-0.1, -0.05) is 24.6 Å². The number of carbonyl (C=O) groups is 2. The lowest BCUT2D eigenvalue weighted by Crippen LogP contribution is -2.17. The van der Waals surface area contributed by atoms with Crippen LogP contribution in [0.15, 0.2) is 29.4 Å². The second-order valence-corrected chi connectivity index (χ2v) is 11.0. The average molecular weight is 528 g/mol. The normalized spacial score (nSPS) is 13.4.